The van der Waals surface area contributed by atoms with Gasteiger partial charge in [0.15, 0.2) is 17.3 Å². The molecule has 0 saturated heterocycles. The SMILES string of the molecule is COCc1nc2n(n1)CCCC2Nc1ccc2nnc(-c3ccccc3)n2n1. The van der Waals surface area contributed by atoms with Crippen molar-refractivity contribution in [2.45, 2.75) is 32.0 Å². The van der Waals surface area contributed by atoms with Gasteiger partial charge < -0.3 is 10.1 Å². The molecule has 28 heavy (non-hydrogen) atoms. The van der Waals surface area contributed by atoms with Crippen molar-refractivity contribution in [1.29, 1.82) is 0 Å². The van der Waals surface area contributed by atoms with Crippen LogP contribution in [0.3, 0.4) is 0 Å². The summed E-state index contributed by atoms with van der Waals surface area (Å²) in [5.74, 6) is 3.10. The summed E-state index contributed by atoms with van der Waals surface area (Å²) in [5, 5.41) is 21.3. The fourth-order valence-electron chi connectivity index (χ4n) is 3.54. The van der Waals surface area contributed by atoms with Crippen LogP contribution in [0.4, 0.5) is 5.82 Å². The molecule has 0 fully saturated rings. The molecular formula is C19H20N8O. The number of fused-ring (bicyclic) bond motifs is 2. The van der Waals surface area contributed by atoms with Gasteiger partial charge in [0.25, 0.3) is 0 Å². The molecule has 0 amide bonds. The van der Waals surface area contributed by atoms with E-state index in [0.29, 0.717) is 23.9 Å². The van der Waals surface area contributed by atoms with Gasteiger partial charge in [-0.15, -0.1) is 15.3 Å². The Labute approximate surface area is 161 Å². The number of anilines is 1. The number of rotatable bonds is 5. The minimum absolute atomic E-state index is 0.0495. The van der Waals surface area contributed by atoms with Crippen molar-refractivity contribution in [2.75, 3.05) is 12.4 Å². The van der Waals surface area contributed by atoms with E-state index in [1.54, 1.807) is 11.6 Å². The third kappa shape index (κ3) is 2.99. The molecule has 1 aromatic carbocycles. The second-order valence-corrected chi connectivity index (χ2v) is 6.76. The number of nitrogens with one attached hydrogen (secondary N) is 1. The highest BCUT2D eigenvalue weighted by Gasteiger charge is 2.25. The van der Waals surface area contributed by atoms with E-state index in [4.69, 9.17) is 9.84 Å². The van der Waals surface area contributed by atoms with E-state index < -0.39 is 0 Å². The number of nitrogens with zero attached hydrogens (tertiary/aromatic N) is 7. The predicted molar refractivity (Wildman–Crippen MR) is 103 cm³/mol. The smallest absolute Gasteiger partial charge is 0.185 e. The Morgan fingerprint density at radius 3 is 2.86 bits per heavy atom. The van der Waals surface area contributed by atoms with Gasteiger partial charge in [-0.1, -0.05) is 30.3 Å². The van der Waals surface area contributed by atoms with Gasteiger partial charge in [0, 0.05) is 19.2 Å². The molecule has 5 rings (SSSR count). The van der Waals surface area contributed by atoms with Crippen LogP contribution < -0.4 is 5.32 Å². The van der Waals surface area contributed by atoms with Crippen molar-refractivity contribution in [3.63, 3.8) is 0 Å². The maximum atomic E-state index is 5.17. The van der Waals surface area contributed by atoms with Crippen LogP contribution >= 0.6 is 0 Å². The lowest BCUT2D eigenvalue weighted by Gasteiger charge is -2.23. The maximum absolute atomic E-state index is 5.17. The molecule has 1 aliphatic rings. The number of hydrogen-bond donors (Lipinski definition) is 1. The first-order valence-corrected chi connectivity index (χ1v) is 9.29. The van der Waals surface area contributed by atoms with Gasteiger partial charge >= 0.3 is 0 Å². The molecule has 4 aromatic rings. The highest BCUT2D eigenvalue weighted by atomic mass is 16.5. The highest BCUT2D eigenvalue weighted by Crippen LogP contribution is 2.27. The number of aryl methyl sites for hydroxylation is 1. The number of methoxy groups -OCH3 is 1. The van der Waals surface area contributed by atoms with Crippen molar-refractivity contribution in [2.24, 2.45) is 0 Å². The largest absolute Gasteiger partial charge is 0.377 e. The third-order valence-electron chi connectivity index (χ3n) is 4.81. The van der Waals surface area contributed by atoms with E-state index in [1.807, 2.05) is 47.1 Å². The van der Waals surface area contributed by atoms with Crippen LogP contribution in [-0.2, 0) is 17.9 Å². The molecular weight excluding hydrogens is 356 g/mol. The van der Waals surface area contributed by atoms with Gasteiger partial charge in [-0.3, -0.25) is 0 Å². The first-order valence-electron chi connectivity index (χ1n) is 9.29. The topological polar surface area (TPSA) is 95.0 Å². The van der Waals surface area contributed by atoms with E-state index in [-0.39, 0.29) is 6.04 Å². The quantitative estimate of drug-likeness (QED) is 0.572. The standard InChI is InChI=1S/C19H20N8O/c1-28-12-16-21-19-14(8-5-11-26(19)24-16)20-15-9-10-17-22-23-18(27(17)25-15)13-6-3-2-4-7-13/h2-4,6-7,9-10,14H,5,8,11-12H2,1H3,(H,20,25). The minimum atomic E-state index is 0.0495. The Morgan fingerprint density at radius 2 is 2.00 bits per heavy atom. The minimum Gasteiger partial charge on any atom is -0.377 e. The Kier molecular flexibility index (Phi) is 4.21. The summed E-state index contributed by atoms with van der Waals surface area (Å²) in [4.78, 5) is 4.64. The lowest BCUT2D eigenvalue weighted by Crippen LogP contribution is -2.23. The lowest BCUT2D eigenvalue weighted by molar-refractivity contribution is 0.177. The summed E-state index contributed by atoms with van der Waals surface area (Å²) in [6.07, 6.45) is 2.00. The lowest BCUT2D eigenvalue weighted by atomic mass is 10.1. The fraction of sp³-hybridized carbons (Fsp3) is 0.316. The van der Waals surface area contributed by atoms with Crippen LogP contribution in [0.25, 0.3) is 17.0 Å². The van der Waals surface area contributed by atoms with Crippen LogP contribution in [0.5, 0.6) is 0 Å². The molecule has 0 bridgehead atoms. The molecule has 0 aliphatic carbocycles. The molecule has 0 spiro atoms. The van der Waals surface area contributed by atoms with Crippen LogP contribution in [0.2, 0.25) is 0 Å². The van der Waals surface area contributed by atoms with Crippen LogP contribution in [0.1, 0.15) is 30.5 Å². The molecule has 0 radical (unpaired) electrons. The molecule has 9 nitrogen and oxygen atoms in total. The van der Waals surface area contributed by atoms with Gasteiger partial charge in [-0.2, -0.15) is 9.61 Å². The van der Waals surface area contributed by atoms with Gasteiger partial charge in [0.2, 0.25) is 0 Å². The average Bonchev–Trinajstić information content (AvgIpc) is 3.33. The predicted octanol–water partition coefficient (Wildman–Crippen LogP) is 2.48. The molecule has 1 aliphatic heterocycles. The monoisotopic (exact) mass is 376 g/mol. The summed E-state index contributed by atoms with van der Waals surface area (Å²) >= 11 is 0. The molecule has 3 aromatic heterocycles. The summed E-state index contributed by atoms with van der Waals surface area (Å²) in [6, 6.07) is 13.8. The summed E-state index contributed by atoms with van der Waals surface area (Å²) in [5.41, 5.74) is 1.68. The summed E-state index contributed by atoms with van der Waals surface area (Å²) in [6.45, 7) is 1.29. The van der Waals surface area contributed by atoms with Crippen molar-refractivity contribution in [3.05, 3.63) is 54.1 Å². The third-order valence-corrected chi connectivity index (χ3v) is 4.81. The Morgan fingerprint density at radius 1 is 1.11 bits per heavy atom. The first kappa shape index (κ1) is 16.8. The number of ether oxygens (including phenoxy) is 1. The molecule has 9 heteroatoms. The van der Waals surface area contributed by atoms with Crippen molar-refractivity contribution in [3.8, 4) is 11.4 Å². The van der Waals surface area contributed by atoms with Crippen LogP contribution in [0, 0.1) is 0 Å². The molecule has 1 N–H and O–H groups in total. The van der Waals surface area contributed by atoms with E-state index in [0.717, 1.165) is 36.6 Å². The maximum Gasteiger partial charge on any atom is 0.185 e. The molecule has 142 valence electrons. The zero-order chi connectivity index (χ0) is 18.9. The Balaban J connectivity index is 1.47. The second-order valence-electron chi connectivity index (χ2n) is 6.76. The van der Waals surface area contributed by atoms with Crippen molar-refractivity contribution >= 4 is 11.5 Å². The second kappa shape index (κ2) is 7.01. The number of aromatic nitrogens is 7. The van der Waals surface area contributed by atoms with E-state index in [2.05, 4.69) is 25.6 Å². The molecule has 1 atom stereocenters. The van der Waals surface area contributed by atoms with E-state index in [9.17, 15) is 0 Å². The van der Waals surface area contributed by atoms with Crippen LogP contribution in [0.15, 0.2) is 42.5 Å². The van der Waals surface area contributed by atoms with E-state index >= 15 is 0 Å². The van der Waals surface area contributed by atoms with Gasteiger partial charge in [-0.25, -0.2) is 9.67 Å². The summed E-state index contributed by atoms with van der Waals surface area (Å²) < 4.78 is 8.89. The normalized spacial score (nSPS) is 16.2. The van der Waals surface area contributed by atoms with Crippen molar-refractivity contribution < 1.29 is 4.74 Å². The Hall–Kier alpha value is -3.33. The zero-order valence-corrected chi connectivity index (χ0v) is 15.5. The fourth-order valence-corrected chi connectivity index (χ4v) is 3.54. The van der Waals surface area contributed by atoms with Gasteiger partial charge in [-0.05, 0) is 25.0 Å². The van der Waals surface area contributed by atoms with Crippen LogP contribution in [-0.4, -0.2) is 41.7 Å². The molecule has 1 unspecified atom stereocenters. The summed E-state index contributed by atoms with van der Waals surface area (Å²) in [7, 11) is 1.65. The van der Waals surface area contributed by atoms with Gasteiger partial charge in [0.05, 0.1) is 6.04 Å². The molecule has 0 saturated carbocycles. The van der Waals surface area contributed by atoms with Gasteiger partial charge in [0.1, 0.15) is 18.2 Å². The number of hydrogen-bond acceptors (Lipinski definition) is 7. The van der Waals surface area contributed by atoms with E-state index in [1.165, 1.54) is 0 Å². The van der Waals surface area contributed by atoms with Crippen molar-refractivity contribution in [1.82, 2.24) is 34.6 Å². The highest BCUT2D eigenvalue weighted by molar-refractivity contribution is 5.59. The Bertz CT molecular complexity index is 1100. The number of benzene rings is 1. The first-order chi connectivity index (χ1) is 13.8. The average molecular weight is 376 g/mol. The molecule has 4 heterocycles. The zero-order valence-electron chi connectivity index (χ0n) is 15.5.